The van der Waals surface area contributed by atoms with Crippen LogP contribution in [0.5, 0.6) is 11.5 Å². The second-order valence-corrected chi connectivity index (χ2v) is 4.55. The summed E-state index contributed by atoms with van der Waals surface area (Å²) in [6.07, 6.45) is -4.70. The molecular formula is C14H11ClF3NO2. The Bertz CT molecular complexity index is 594. The Hall–Kier alpha value is -2.08. The molecule has 2 aromatic rings. The Morgan fingerprint density at radius 1 is 1.05 bits per heavy atom. The van der Waals surface area contributed by atoms with Crippen LogP contribution in [0.2, 0.25) is 5.02 Å². The van der Waals surface area contributed by atoms with Gasteiger partial charge in [0.15, 0.2) is 5.75 Å². The monoisotopic (exact) mass is 317 g/mol. The molecule has 0 saturated carbocycles. The van der Waals surface area contributed by atoms with E-state index >= 15 is 0 Å². The van der Waals surface area contributed by atoms with Crippen LogP contribution < -0.4 is 15.2 Å². The van der Waals surface area contributed by atoms with Crippen molar-refractivity contribution in [3.63, 3.8) is 0 Å². The van der Waals surface area contributed by atoms with E-state index in [1.54, 1.807) is 18.2 Å². The van der Waals surface area contributed by atoms with Gasteiger partial charge in [0.1, 0.15) is 12.4 Å². The maximum absolute atomic E-state index is 12.0. The van der Waals surface area contributed by atoms with Crippen molar-refractivity contribution in [2.24, 2.45) is 0 Å². The highest BCUT2D eigenvalue weighted by molar-refractivity contribution is 6.32. The lowest BCUT2D eigenvalue weighted by atomic mass is 10.2. The normalized spacial score (nSPS) is 11.2. The maximum Gasteiger partial charge on any atom is 0.573 e. The highest BCUT2D eigenvalue weighted by Crippen LogP contribution is 2.31. The second-order valence-electron chi connectivity index (χ2n) is 4.14. The van der Waals surface area contributed by atoms with Crippen molar-refractivity contribution in [2.45, 2.75) is 13.0 Å². The van der Waals surface area contributed by atoms with Crippen molar-refractivity contribution in [3.8, 4) is 11.5 Å². The lowest BCUT2D eigenvalue weighted by Gasteiger charge is -2.12. The van der Waals surface area contributed by atoms with Gasteiger partial charge in [0, 0.05) is 0 Å². The molecule has 21 heavy (non-hydrogen) atoms. The molecular weight excluding hydrogens is 307 g/mol. The molecule has 0 spiro atoms. The fourth-order valence-corrected chi connectivity index (χ4v) is 1.86. The number of para-hydroxylation sites is 1. The molecule has 0 aromatic heterocycles. The molecule has 3 nitrogen and oxygen atoms in total. The SMILES string of the molecule is Nc1cccc(Cl)c1OCc1ccc(OC(F)(F)F)cc1. The Morgan fingerprint density at radius 3 is 2.29 bits per heavy atom. The first-order valence-corrected chi connectivity index (χ1v) is 6.24. The van der Waals surface area contributed by atoms with Crippen LogP contribution in [0.3, 0.4) is 0 Å². The van der Waals surface area contributed by atoms with Crippen molar-refractivity contribution in [1.29, 1.82) is 0 Å². The average molecular weight is 318 g/mol. The summed E-state index contributed by atoms with van der Waals surface area (Å²) in [4.78, 5) is 0. The van der Waals surface area contributed by atoms with Crippen LogP contribution >= 0.6 is 11.6 Å². The molecule has 7 heteroatoms. The van der Waals surface area contributed by atoms with Crippen LogP contribution in [-0.4, -0.2) is 6.36 Å². The summed E-state index contributed by atoms with van der Waals surface area (Å²) >= 11 is 5.94. The second kappa shape index (κ2) is 6.13. The van der Waals surface area contributed by atoms with Gasteiger partial charge in [-0.05, 0) is 29.8 Å². The minimum Gasteiger partial charge on any atom is -0.485 e. The Balaban J connectivity index is 2.01. The van der Waals surface area contributed by atoms with E-state index in [1.165, 1.54) is 24.3 Å². The highest BCUT2D eigenvalue weighted by Gasteiger charge is 2.30. The molecule has 0 radical (unpaired) electrons. The fraction of sp³-hybridized carbons (Fsp3) is 0.143. The number of halogens is 4. The molecule has 0 fully saturated rings. The zero-order chi connectivity index (χ0) is 15.5. The van der Waals surface area contributed by atoms with E-state index in [-0.39, 0.29) is 12.4 Å². The third kappa shape index (κ3) is 4.46. The van der Waals surface area contributed by atoms with Crippen molar-refractivity contribution < 1.29 is 22.6 Å². The number of benzene rings is 2. The minimum absolute atomic E-state index is 0.125. The molecule has 0 amide bonds. The molecule has 2 aromatic carbocycles. The third-order valence-corrected chi connectivity index (χ3v) is 2.84. The standard InChI is InChI=1S/C14H11ClF3NO2/c15-11-2-1-3-12(19)13(11)20-8-9-4-6-10(7-5-9)21-14(16,17)18/h1-7H,8,19H2. The number of anilines is 1. The van der Waals surface area contributed by atoms with Gasteiger partial charge in [0.05, 0.1) is 10.7 Å². The van der Waals surface area contributed by atoms with Crippen LogP contribution in [0.1, 0.15) is 5.56 Å². The quantitative estimate of drug-likeness (QED) is 0.850. The van der Waals surface area contributed by atoms with Gasteiger partial charge >= 0.3 is 6.36 Å². The van der Waals surface area contributed by atoms with Crippen molar-refractivity contribution >= 4 is 17.3 Å². The van der Waals surface area contributed by atoms with Crippen LogP contribution in [-0.2, 0) is 6.61 Å². The largest absolute Gasteiger partial charge is 0.573 e. The summed E-state index contributed by atoms with van der Waals surface area (Å²) in [5.74, 6) is 0.0540. The Labute approximate surface area is 124 Å². The van der Waals surface area contributed by atoms with Gasteiger partial charge in [-0.25, -0.2) is 0 Å². The Kier molecular flexibility index (Phi) is 4.47. The van der Waals surface area contributed by atoms with Gasteiger partial charge in [-0.2, -0.15) is 0 Å². The molecule has 0 atom stereocenters. The van der Waals surface area contributed by atoms with Gasteiger partial charge in [-0.15, -0.1) is 13.2 Å². The zero-order valence-electron chi connectivity index (χ0n) is 10.7. The first kappa shape index (κ1) is 15.3. The van der Waals surface area contributed by atoms with Gasteiger partial charge in [-0.3, -0.25) is 0 Å². The highest BCUT2D eigenvalue weighted by atomic mass is 35.5. The minimum atomic E-state index is -4.70. The summed E-state index contributed by atoms with van der Waals surface area (Å²) in [6, 6.07) is 10.3. The van der Waals surface area contributed by atoms with E-state index in [1.807, 2.05) is 0 Å². The predicted octanol–water partition coefficient (Wildman–Crippen LogP) is 4.40. The smallest absolute Gasteiger partial charge is 0.485 e. The summed E-state index contributed by atoms with van der Waals surface area (Å²) in [5, 5.41) is 0.368. The maximum atomic E-state index is 12.0. The van der Waals surface area contributed by atoms with Crippen molar-refractivity contribution in [3.05, 3.63) is 53.1 Å². The van der Waals surface area contributed by atoms with E-state index < -0.39 is 6.36 Å². The molecule has 2 N–H and O–H groups in total. The molecule has 0 aliphatic carbocycles. The lowest BCUT2D eigenvalue weighted by Crippen LogP contribution is -2.17. The molecule has 0 aliphatic heterocycles. The molecule has 0 bridgehead atoms. The van der Waals surface area contributed by atoms with Gasteiger partial charge in [0.2, 0.25) is 0 Å². The van der Waals surface area contributed by atoms with Crippen LogP contribution in [0.25, 0.3) is 0 Å². The Morgan fingerprint density at radius 2 is 1.71 bits per heavy atom. The van der Waals surface area contributed by atoms with Gasteiger partial charge < -0.3 is 15.2 Å². The fourth-order valence-electron chi connectivity index (χ4n) is 1.62. The molecule has 0 aliphatic rings. The summed E-state index contributed by atoms with van der Waals surface area (Å²) in [6.45, 7) is 0.125. The summed E-state index contributed by atoms with van der Waals surface area (Å²) < 4.78 is 45.3. The molecule has 0 unspecified atom stereocenters. The average Bonchev–Trinajstić information content (AvgIpc) is 2.38. The molecule has 0 heterocycles. The van der Waals surface area contributed by atoms with Crippen molar-refractivity contribution in [2.75, 3.05) is 5.73 Å². The molecule has 0 saturated heterocycles. The third-order valence-electron chi connectivity index (χ3n) is 2.54. The van der Waals surface area contributed by atoms with E-state index in [0.717, 1.165) is 0 Å². The summed E-state index contributed by atoms with van der Waals surface area (Å²) in [7, 11) is 0. The first-order chi connectivity index (χ1) is 9.85. The van der Waals surface area contributed by atoms with E-state index in [4.69, 9.17) is 22.1 Å². The predicted molar refractivity (Wildman–Crippen MR) is 73.3 cm³/mol. The molecule has 112 valence electrons. The van der Waals surface area contributed by atoms with Crippen LogP contribution in [0, 0.1) is 0 Å². The van der Waals surface area contributed by atoms with Crippen LogP contribution in [0.4, 0.5) is 18.9 Å². The molecule has 2 rings (SSSR count). The van der Waals surface area contributed by atoms with Crippen LogP contribution in [0.15, 0.2) is 42.5 Å². The number of nitrogen functional groups attached to an aromatic ring is 1. The van der Waals surface area contributed by atoms with E-state index in [0.29, 0.717) is 22.0 Å². The number of ether oxygens (including phenoxy) is 2. The van der Waals surface area contributed by atoms with Crippen molar-refractivity contribution in [1.82, 2.24) is 0 Å². The summed E-state index contributed by atoms with van der Waals surface area (Å²) in [5.41, 5.74) is 6.77. The number of hydrogen-bond acceptors (Lipinski definition) is 3. The van der Waals surface area contributed by atoms with E-state index in [2.05, 4.69) is 4.74 Å². The number of alkyl halides is 3. The van der Waals surface area contributed by atoms with Gasteiger partial charge in [0.25, 0.3) is 0 Å². The topological polar surface area (TPSA) is 44.5 Å². The van der Waals surface area contributed by atoms with E-state index in [9.17, 15) is 13.2 Å². The van der Waals surface area contributed by atoms with Gasteiger partial charge in [-0.1, -0.05) is 29.8 Å². The lowest BCUT2D eigenvalue weighted by molar-refractivity contribution is -0.274. The number of hydrogen-bond donors (Lipinski definition) is 1. The first-order valence-electron chi connectivity index (χ1n) is 5.86. The zero-order valence-corrected chi connectivity index (χ0v) is 11.4. The number of nitrogens with two attached hydrogens (primary N) is 1. The number of rotatable bonds is 4.